The largest absolute Gasteiger partial charge is 0.259 e. The van der Waals surface area contributed by atoms with Gasteiger partial charge in [-0.2, -0.15) is 5.26 Å². The monoisotopic (exact) mass is 301 g/mol. The summed E-state index contributed by atoms with van der Waals surface area (Å²) >= 11 is 0. The van der Waals surface area contributed by atoms with Crippen LogP contribution in [0.15, 0.2) is 36.4 Å². The Morgan fingerprint density at radius 1 is 1.10 bits per heavy atom. The van der Waals surface area contributed by atoms with Crippen molar-refractivity contribution in [3.05, 3.63) is 70.0 Å². The minimum Gasteiger partial charge on any atom is -0.259 e. The molecule has 2 aromatic rings. The van der Waals surface area contributed by atoms with Crippen molar-refractivity contribution in [3.63, 3.8) is 0 Å². The molecular formula is C17H16FNOS. The summed E-state index contributed by atoms with van der Waals surface area (Å²) in [5.41, 5.74) is 3.95. The fourth-order valence-electron chi connectivity index (χ4n) is 2.32. The zero-order valence-electron chi connectivity index (χ0n) is 12.0. The molecule has 4 heteroatoms. The molecule has 0 bridgehead atoms. The topological polar surface area (TPSA) is 40.9 Å². The van der Waals surface area contributed by atoms with Crippen LogP contribution in [0.4, 0.5) is 4.39 Å². The molecule has 0 spiro atoms. The van der Waals surface area contributed by atoms with Gasteiger partial charge in [-0.3, -0.25) is 4.21 Å². The lowest BCUT2D eigenvalue weighted by atomic mass is 10.1. The van der Waals surface area contributed by atoms with Gasteiger partial charge in [-0.25, -0.2) is 4.39 Å². The zero-order valence-corrected chi connectivity index (χ0v) is 12.8. The average molecular weight is 301 g/mol. The van der Waals surface area contributed by atoms with E-state index in [2.05, 4.69) is 6.07 Å². The molecule has 0 aliphatic rings. The molecule has 2 nitrogen and oxygen atoms in total. The van der Waals surface area contributed by atoms with Gasteiger partial charge in [0.2, 0.25) is 0 Å². The molecule has 108 valence electrons. The fraction of sp³-hybridized carbons (Fsp3) is 0.235. The Morgan fingerprint density at radius 2 is 1.76 bits per heavy atom. The number of nitriles is 1. The van der Waals surface area contributed by atoms with Gasteiger partial charge >= 0.3 is 0 Å². The highest BCUT2D eigenvalue weighted by atomic mass is 32.2. The lowest BCUT2D eigenvalue weighted by molar-refractivity contribution is 0.615. The summed E-state index contributed by atoms with van der Waals surface area (Å²) in [6.07, 6.45) is 0. The van der Waals surface area contributed by atoms with E-state index in [4.69, 9.17) is 5.26 Å². The molecule has 0 amide bonds. The third kappa shape index (κ3) is 4.24. The van der Waals surface area contributed by atoms with Crippen molar-refractivity contribution in [1.29, 1.82) is 5.26 Å². The molecule has 0 radical (unpaired) electrons. The number of aryl methyl sites for hydroxylation is 2. The van der Waals surface area contributed by atoms with Crippen LogP contribution in [-0.2, 0) is 22.3 Å². The third-order valence-electron chi connectivity index (χ3n) is 3.10. The highest BCUT2D eigenvalue weighted by Crippen LogP contribution is 2.16. The van der Waals surface area contributed by atoms with E-state index in [-0.39, 0.29) is 5.75 Å². The van der Waals surface area contributed by atoms with Crippen molar-refractivity contribution in [2.45, 2.75) is 25.4 Å². The number of hydrogen-bond acceptors (Lipinski definition) is 2. The normalized spacial score (nSPS) is 11.9. The van der Waals surface area contributed by atoms with Crippen molar-refractivity contribution < 1.29 is 8.60 Å². The summed E-state index contributed by atoms with van der Waals surface area (Å²) in [6, 6.07) is 12.2. The van der Waals surface area contributed by atoms with Crippen molar-refractivity contribution >= 4 is 10.8 Å². The van der Waals surface area contributed by atoms with Crippen molar-refractivity contribution in [1.82, 2.24) is 0 Å². The van der Waals surface area contributed by atoms with Crippen LogP contribution in [0, 0.1) is 31.0 Å². The van der Waals surface area contributed by atoms with Gasteiger partial charge in [0.1, 0.15) is 5.82 Å². The van der Waals surface area contributed by atoms with Crippen molar-refractivity contribution in [2.24, 2.45) is 0 Å². The molecular weight excluding hydrogens is 285 g/mol. The van der Waals surface area contributed by atoms with E-state index in [9.17, 15) is 8.60 Å². The molecule has 0 heterocycles. The quantitative estimate of drug-likeness (QED) is 0.862. The molecule has 21 heavy (non-hydrogen) atoms. The Balaban J connectivity index is 2.13. The van der Waals surface area contributed by atoms with E-state index in [1.54, 1.807) is 0 Å². The van der Waals surface area contributed by atoms with Crippen LogP contribution in [0.2, 0.25) is 0 Å². The van der Waals surface area contributed by atoms with Gasteiger partial charge in [-0.05, 0) is 37.6 Å². The number of nitrogens with zero attached hydrogens (tertiary/aromatic N) is 1. The number of halogens is 1. The summed E-state index contributed by atoms with van der Waals surface area (Å²) in [5.74, 6) is 0.0929. The van der Waals surface area contributed by atoms with Gasteiger partial charge in [-0.15, -0.1) is 0 Å². The molecule has 2 aromatic carbocycles. The van der Waals surface area contributed by atoms with E-state index in [1.807, 2.05) is 32.0 Å². The molecule has 0 saturated carbocycles. The summed E-state index contributed by atoms with van der Waals surface area (Å²) in [4.78, 5) is 0. The maximum absolute atomic E-state index is 13.7. The summed E-state index contributed by atoms with van der Waals surface area (Å²) in [5, 5.41) is 8.84. The van der Waals surface area contributed by atoms with Gasteiger partial charge in [0.25, 0.3) is 0 Å². The first-order valence-electron chi connectivity index (χ1n) is 6.58. The standard InChI is InChI=1S/C17H16FNOS/c1-12-5-13(2)7-15(6-12)10-21(20)11-16-8-14(9-19)3-4-17(16)18/h3-8H,10-11H2,1-2H3. The van der Waals surface area contributed by atoms with E-state index >= 15 is 0 Å². The lowest BCUT2D eigenvalue weighted by Gasteiger charge is -2.07. The number of hydrogen-bond donors (Lipinski definition) is 0. The van der Waals surface area contributed by atoms with E-state index < -0.39 is 16.6 Å². The maximum Gasteiger partial charge on any atom is 0.127 e. The van der Waals surface area contributed by atoms with Crippen molar-refractivity contribution in [2.75, 3.05) is 0 Å². The van der Waals surface area contributed by atoms with Crippen LogP contribution < -0.4 is 0 Å². The van der Waals surface area contributed by atoms with Crippen LogP contribution in [0.5, 0.6) is 0 Å². The second kappa shape index (κ2) is 6.64. The predicted molar refractivity (Wildman–Crippen MR) is 82.6 cm³/mol. The van der Waals surface area contributed by atoms with Gasteiger partial charge in [0.15, 0.2) is 0 Å². The van der Waals surface area contributed by atoms with Gasteiger partial charge in [-0.1, -0.05) is 29.3 Å². The zero-order chi connectivity index (χ0) is 15.4. The van der Waals surface area contributed by atoms with E-state index in [0.717, 1.165) is 16.7 Å². The van der Waals surface area contributed by atoms with Gasteiger partial charge < -0.3 is 0 Å². The van der Waals surface area contributed by atoms with Gasteiger partial charge in [0, 0.05) is 22.1 Å². The third-order valence-corrected chi connectivity index (χ3v) is 4.39. The average Bonchev–Trinajstić information content (AvgIpc) is 2.40. The molecule has 1 unspecified atom stereocenters. The summed E-state index contributed by atoms with van der Waals surface area (Å²) in [6.45, 7) is 3.99. The first-order chi connectivity index (χ1) is 9.97. The first-order valence-corrected chi connectivity index (χ1v) is 8.07. The SMILES string of the molecule is Cc1cc(C)cc(CS(=O)Cc2cc(C#N)ccc2F)c1. The fourth-order valence-corrected chi connectivity index (χ4v) is 3.53. The molecule has 2 rings (SSSR count). The Hall–Kier alpha value is -1.99. The molecule has 0 aliphatic carbocycles. The number of benzene rings is 2. The Labute approximate surface area is 126 Å². The van der Waals surface area contributed by atoms with Crippen LogP contribution in [0.1, 0.15) is 27.8 Å². The maximum atomic E-state index is 13.7. The van der Waals surface area contributed by atoms with Gasteiger partial charge in [0.05, 0.1) is 17.4 Å². The Morgan fingerprint density at radius 3 is 2.38 bits per heavy atom. The lowest BCUT2D eigenvalue weighted by Crippen LogP contribution is -2.02. The molecule has 0 aliphatic heterocycles. The Kier molecular flexibility index (Phi) is 4.87. The highest BCUT2D eigenvalue weighted by Gasteiger charge is 2.09. The van der Waals surface area contributed by atoms with Crippen molar-refractivity contribution in [3.8, 4) is 6.07 Å². The highest BCUT2D eigenvalue weighted by molar-refractivity contribution is 7.83. The minimum absolute atomic E-state index is 0.119. The molecule has 0 aromatic heterocycles. The molecule has 0 N–H and O–H groups in total. The smallest absolute Gasteiger partial charge is 0.127 e. The summed E-state index contributed by atoms with van der Waals surface area (Å²) in [7, 11) is -1.21. The molecule has 1 atom stereocenters. The second-order valence-corrected chi connectivity index (χ2v) is 6.60. The Bertz CT molecular complexity index is 714. The van der Waals surface area contributed by atoms with Crippen LogP contribution in [-0.4, -0.2) is 4.21 Å². The number of rotatable bonds is 4. The van der Waals surface area contributed by atoms with E-state index in [1.165, 1.54) is 18.2 Å². The van der Waals surface area contributed by atoms with Crippen LogP contribution >= 0.6 is 0 Å². The van der Waals surface area contributed by atoms with Crippen LogP contribution in [0.25, 0.3) is 0 Å². The van der Waals surface area contributed by atoms with E-state index in [0.29, 0.717) is 16.9 Å². The molecule has 0 fully saturated rings. The summed E-state index contributed by atoms with van der Waals surface area (Å²) < 4.78 is 25.9. The predicted octanol–water partition coefficient (Wildman–Crippen LogP) is 3.76. The first kappa shape index (κ1) is 15.4. The van der Waals surface area contributed by atoms with Crippen LogP contribution in [0.3, 0.4) is 0 Å². The second-order valence-electron chi connectivity index (χ2n) is 5.14. The minimum atomic E-state index is -1.21. The molecule has 0 saturated heterocycles.